The molecule has 0 spiro atoms. The van der Waals surface area contributed by atoms with Crippen LogP contribution < -0.4 is 5.32 Å². The van der Waals surface area contributed by atoms with Crippen LogP contribution in [0.4, 0.5) is 14.6 Å². The highest BCUT2D eigenvalue weighted by Gasteiger charge is 2.24. The van der Waals surface area contributed by atoms with Gasteiger partial charge in [-0.1, -0.05) is 37.0 Å². The fourth-order valence-corrected chi connectivity index (χ4v) is 4.39. The molecule has 3 rings (SSSR count). The average molecular weight is 483 g/mol. The van der Waals surface area contributed by atoms with Gasteiger partial charge in [-0.05, 0) is 54.1 Å². The van der Waals surface area contributed by atoms with Crippen LogP contribution in [0.5, 0.6) is 0 Å². The van der Waals surface area contributed by atoms with E-state index in [1.807, 2.05) is 26.0 Å². The fraction of sp³-hybridized carbons (Fsp3) is 0.261. The zero-order chi connectivity index (χ0) is 22.6. The zero-order valence-electron chi connectivity index (χ0n) is 17.0. The highest BCUT2D eigenvalue weighted by atomic mass is 35.5. The first-order valence-electron chi connectivity index (χ1n) is 9.56. The summed E-state index contributed by atoms with van der Waals surface area (Å²) in [4.78, 5) is 5.11. The van der Waals surface area contributed by atoms with Gasteiger partial charge in [0, 0.05) is 40.2 Å². The third-order valence-corrected chi connectivity index (χ3v) is 6.51. The molecule has 3 aromatic rings. The summed E-state index contributed by atoms with van der Waals surface area (Å²) in [6.45, 7) is 4.31. The first kappa shape index (κ1) is 23.8. The maximum absolute atomic E-state index is 14.8. The minimum absolute atomic E-state index is 0.00396. The molecule has 0 aliphatic rings. The SMILES string of the molecule is CC(C)(CO)CNc1cc(C(Sc2ccc(Cl)cc2)c2cc(F)ccc2F)c(Cl)cn1. The quantitative estimate of drug-likeness (QED) is 0.340. The molecule has 0 aliphatic heterocycles. The van der Waals surface area contributed by atoms with E-state index in [9.17, 15) is 13.9 Å². The van der Waals surface area contributed by atoms with Crippen molar-refractivity contribution in [3.63, 3.8) is 0 Å². The summed E-state index contributed by atoms with van der Waals surface area (Å²) >= 11 is 13.8. The van der Waals surface area contributed by atoms with Gasteiger partial charge in [-0.3, -0.25) is 0 Å². The minimum atomic E-state index is -0.626. The lowest BCUT2D eigenvalue weighted by Gasteiger charge is -2.24. The first-order chi connectivity index (χ1) is 14.7. The number of benzene rings is 2. The highest BCUT2D eigenvalue weighted by Crippen LogP contribution is 2.44. The molecule has 0 bridgehead atoms. The van der Waals surface area contributed by atoms with E-state index in [1.54, 1.807) is 18.2 Å². The minimum Gasteiger partial charge on any atom is -0.396 e. The second-order valence-electron chi connectivity index (χ2n) is 7.88. The predicted octanol–water partition coefficient (Wildman–Crippen LogP) is 6.98. The van der Waals surface area contributed by atoms with Gasteiger partial charge in [-0.15, -0.1) is 11.8 Å². The maximum atomic E-state index is 14.8. The summed E-state index contributed by atoms with van der Waals surface area (Å²) in [5.41, 5.74) is 0.410. The summed E-state index contributed by atoms with van der Waals surface area (Å²) in [6, 6.07) is 12.2. The Morgan fingerprint density at radius 3 is 2.45 bits per heavy atom. The predicted molar refractivity (Wildman–Crippen MR) is 124 cm³/mol. The van der Waals surface area contributed by atoms with E-state index < -0.39 is 16.9 Å². The Hall–Kier alpha value is -1.86. The van der Waals surface area contributed by atoms with Crippen molar-refractivity contribution in [3.05, 3.63) is 87.5 Å². The molecule has 8 heteroatoms. The molecule has 2 N–H and O–H groups in total. The van der Waals surface area contributed by atoms with E-state index in [-0.39, 0.29) is 17.6 Å². The lowest BCUT2D eigenvalue weighted by atomic mass is 9.95. The van der Waals surface area contributed by atoms with E-state index in [4.69, 9.17) is 23.2 Å². The van der Waals surface area contributed by atoms with Gasteiger partial charge >= 0.3 is 0 Å². The molecule has 1 unspecified atom stereocenters. The molecule has 3 nitrogen and oxygen atoms in total. The number of hydrogen-bond donors (Lipinski definition) is 2. The van der Waals surface area contributed by atoms with Gasteiger partial charge in [0.1, 0.15) is 17.5 Å². The Morgan fingerprint density at radius 2 is 1.77 bits per heavy atom. The van der Waals surface area contributed by atoms with Crippen LogP contribution in [0.1, 0.15) is 30.2 Å². The molecule has 0 fully saturated rings. The molecule has 164 valence electrons. The Bertz CT molecular complexity index is 1050. The zero-order valence-corrected chi connectivity index (χ0v) is 19.3. The molecular weight excluding hydrogens is 461 g/mol. The standard InChI is InChI=1S/C23H22Cl2F2N2OS/c1-23(2,13-30)12-29-21-10-17(19(25)11-28-21)22(18-9-15(26)5-8-20(18)27)31-16-6-3-14(24)4-7-16/h3-11,22,30H,12-13H2,1-2H3,(H,28,29). The number of aliphatic hydroxyl groups is 1. The van der Waals surface area contributed by atoms with Crippen LogP contribution in [0, 0.1) is 17.0 Å². The van der Waals surface area contributed by atoms with Gasteiger partial charge in [-0.2, -0.15) is 0 Å². The normalized spacial score (nSPS) is 12.6. The Morgan fingerprint density at radius 1 is 1.06 bits per heavy atom. The van der Waals surface area contributed by atoms with Crippen LogP contribution in [0.3, 0.4) is 0 Å². The van der Waals surface area contributed by atoms with Gasteiger partial charge < -0.3 is 10.4 Å². The summed E-state index contributed by atoms with van der Waals surface area (Å²) in [5, 5.41) is 12.9. The van der Waals surface area contributed by atoms with Crippen LogP contribution in [0.25, 0.3) is 0 Å². The average Bonchev–Trinajstić information content (AvgIpc) is 2.75. The van der Waals surface area contributed by atoms with Crippen molar-refractivity contribution in [2.75, 3.05) is 18.5 Å². The molecule has 0 saturated heterocycles. The number of aliphatic hydroxyl groups excluding tert-OH is 1. The number of hydrogen-bond acceptors (Lipinski definition) is 4. The smallest absolute Gasteiger partial charge is 0.128 e. The summed E-state index contributed by atoms with van der Waals surface area (Å²) in [5.74, 6) is -0.539. The molecule has 0 saturated carbocycles. The summed E-state index contributed by atoms with van der Waals surface area (Å²) in [6.07, 6.45) is 1.48. The van der Waals surface area contributed by atoms with Crippen molar-refractivity contribution in [3.8, 4) is 0 Å². The fourth-order valence-electron chi connectivity index (χ4n) is 2.80. The number of pyridine rings is 1. The molecular formula is C23H22Cl2F2N2OS. The number of nitrogens with zero attached hydrogens (tertiary/aromatic N) is 1. The lowest BCUT2D eigenvalue weighted by Crippen LogP contribution is -2.27. The van der Waals surface area contributed by atoms with E-state index in [0.717, 1.165) is 17.0 Å². The van der Waals surface area contributed by atoms with E-state index in [1.165, 1.54) is 24.0 Å². The molecule has 2 aromatic carbocycles. The van der Waals surface area contributed by atoms with Crippen molar-refractivity contribution < 1.29 is 13.9 Å². The second kappa shape index (κ2) is 10.2. The van der Waals surface area contributed by atoms with Gasteiger partial charge in [0.05, 0.1) is 10.3 Å². The monoisotopic (exact) mass is 482 g/mol. The van der Waals surface area contributed by atoms with Crippen LogP contribution in [0.2, 0.25) is 10.0 Å². The number of thioether (sulfide) groups is 1. The Balaban J connectivity index is 2.03. The second-order valence-corrected chi connectivity index (χ2v) is 9.91. The van der Waals surface area contributed by atoms with Crippen LogP contribution in [-0.2, 0) is 0 Å². The van der Waals surface area contributed by atoms with E-state index >= 15 is 0 Å². The number of nitrogens with one attached hydrogen (secondary N) is 1. The summed E-state index contributed by atoms with van der Waals surface area (Å²) in [7, 11) is 0. The van der Waals surface area contributed by atoms with Crippen LogP contribution in [-0.4, -0.2) is 23.2 Å². The van der Waals surface area contributed by atoms with E-state index in [2.05, 4.69) is 10.3 Å². The largest absolute Gasteiger partial charge is 0.396 e. The molecule has 1 atom stereocenters. The molecule has 31 heavy (non-hydrogen) atoms. The summed E-state index contributed by atoms with van der Waals surface area (Å²) < 4.78 is 28.8. The molecule has 0 aliphatic carbocycles. The first-order valence-corrected chi connectivity index (χ1v) is 11.2. The van der Waals surface area contributed by atoms with Gasteiger partial charge in [0.25, 0.3) is 0 Å². The van der Waals surface area contributed by atoms with Crippen LogP contribution in [0.15, 0.2) is 59.6 Å². The number of anilines is 1. The van der Waals surface area contributed by atoms with Gasteiger partial charge in [-0.25, -0.2) is 13.8 Å². The molecule has 0 amide bonds. The number of halogens is 4. The number of rotatable bonds is 8. The van der Waals surface area contributed by atoms with Crippen molar-refractivity contribution in [2.24, 2.45) is 5.41 Å². The Kier molecular flexibility index (Phi) is 7.81. The van der Waals surface area contributed by atoms with Crippen molar-refractivity contribution in [1.29, 1.82) is 0 Å². The Labute approximate surface area is 194 Å². The van der Waals surface area contributed by atoms with Crippen LogP contribution >= 0.6 is 35.0 Å². The molecule has 1 heterocycles. The van der Waals surface area contributed by atoms with Gasteiger partial charge in [0.15, 0.2) is 0 Å². The topological polar surface area (TPSA) is 45.1 Å². The maximum Gasteiger partial charge on any atom is 0.128 e. The highest BCUT2D eigenvalue weighted by molar-refractivity contribution is 7.99. The van der Waals surface area contributed by atoms with E-state index in [0.29, 0.717) is 28.0 Å². The van der Waals surface area contributed by atoms with Crippen molar-refractivity contribution in [2.45, 2.75) is 24.0 Å². The number of aromatic nitrogens is 1. The van der Waals surface area contributed by atoms with Crippen molar-refractivity contribution in [1.82, 2.24) is 4.98 Å². The third kappa shape index (κ3) is 6.32. The molecule has 0 radical (unpaired) electrons. The van der Waals surface area contributed by atoms with Gasteiger partial charge in [0.2, 0.25) is 0 Å². The molecule has 1 aromatic heterocycles. The lowest BCUT2D eigenvalue weighted by molar-refractivity contribution is 0.170. The third-order valence-electron chi connectivity index (χ3n) is 4.65. The van der Waals surface area contributed by atoms with Crippen molar-refractivity contribution >= 4 is 40.8 Å².